The molecule has 0 unspecified atom stereocenters. The molecule has 0 aliphatic rings. The van der Waals surface area contributed by atoms with Crippen molar-refractivity contribution in [1.29, 1.82) is 0 Å². The number of carbonyl (C=O) groups excluding carboxylic acids is 2. The molecule has 0 radical (unpaired) electrons. The van der Waals surface area contributed by atoms with E-state index in [4.69, 9.17) is 4.74 Å². The van der Waals surface area contributed by atoms with E-state index in [9.17, 15) is 9.59 Å². The Morgan fingerprint density at radius 2 is 1.69 bits per heavy atom. The Balaban J connectivity index is 1.51. The van der Waals surface area contributed by atoms with Gasteiger partial charge in [0.1, 0.15) is 11.4 Å². The Bertz CT molecular complexity index is 988. The molecular weight excluding hydrogens is 368 g/mol. The third-order valence-corrected chi connectivity index (χ3v) is 3.92. The monoisotopic (exact) mass is 388 g/mol. The molecular formula is C22H20N4O3. The fraction of sp³-hybridized carbons (Fsp3) is 0.0909. The predicted octanol–water partition coefficient (Wildman–Crippen LogP) is 3.25. The number of anilines is 1. The highest BCUT2D eigenvalue weighted by atomic mass is 16.5. The Labute approximate surface area is 168 Å². The first-order valence-corrected chi connectivity index (χ1v) is 8.95. The lowest BCUT2D eigenvalue weighted by molar-refractivity contribution is -0.118. The number of rotatable bonds is 7. The van der Waals surface area contributed by atoms with Crippen molar-refractivity contribution in [3.05, 3.63) is 90.3 Å². The maximum atomic E-state index is 12.0. The largest absolute Gasteiger partial charge is 0.484 e. The summed E-state index contributed by atoms with van der Waals surface area (Å²) in [6.07, 6.45) is 1.55. The van der Waals surface area contributed by atoms with Gasteiger partial charge in [-0.25, -0.2) is 5.43 Å². The number of pyridine rings is 1. The van der Waals surface area contributed by atoms with Gasteiger partial charge in [-0.3, -0.25) is 14.6 Å². The summed E-state index contributed by atoms with van der Waals surface area (Å²) in [6.45, 7) is 1.68. The van der Waals surface area contributed by atoms with E-state index in [-0.39, 0.29) is 18.4 Å². The molecule has 7 nitrogen and oxygen atoms in total. The lowest BCUT2D eigenvalue weighted by Gasteiger charge is -2.08. The van der Waals surface area contributed by atoms with Gasteiger partial charge in [-0.15, -0.1) is 0 Å². The Hall–Kier alpha value is -4.00. The van der Waals surface area contributed by atoms with Crippen LogP contribution in [0.4, 0.5) is 5.69 Å². The van der Waals surface area contributed by atoms with E-state index >= 15 is 0 Å². The molecule has 0 aliphatic heterocycles. The molecule has 0 saturated heterocycles. The minimum atomic E-state index is -0.380. The zero-order chi connectivity index (χ0) is 20.5. The molecule has 0 saturated carbocycles. The predicted molar refractivity (Wildman–Crippen MR) is 111 cm³/mol. The average molecular weight is 388 g/mol. The van der Waals surface area contributed by atoms with E-state index in [2.05, 4.69) is 20.8 Å². The molecule has 1 aromatic heterocycles. The number of para-hydroxylation sites is 1. The SMILES string of the molecule is C/C(=N/NC(=O)c1ccccn1)c1ccc(OCC(=O)Nc2ccccc2)cc1. The van der Waals surface area contributed by atoms with Gasteiger partial charge in [-0.1, -0.05) is 24.3 Å². The van der Waals surface area contributed by atoms with Crippen molar-refractivity contribution >= 4 is 23.2 Å². The second-order valence-corrected chi connectivity index (χ2v) is 6.08. The fourth-order valence-corrected chi connectivity index (χ4v) is 2.41. The number of nitrogens with zero attached hydrogens (tertiary/aromatic N) is 2. The Kier molecular flexibility index (Phi) is 6.67. The first kappa shape index (κ1) is 19.8. The summed E-state index contributed by atoms with van der Waals surface area (Å²) in [5.74, 6) is -0.0631. The van der Waals surface area contributed by atoms with Gasteiger partial charge in [0.15, 0.2) is 6.61 Å². The van der Waals surface area contributed by atoms with E-state index in [0.29, 0.717) is 17.2 Å². The lowest BCUT2D eigenvalue weighted by Crippen LogP contribution is -2.20. The van der Waals surface area contributed by atoms with Crippen LogP contribution in [0.2, 0.25) is 0 Å². The molecule has 2 aromatic carbocycles. The first-order valence-electron chi connectivity index (χ1n) is 8.95. The van der Waals surface area contributed by atoms with Crippen LogP contribution < -0.4 is 15.5 Å². The lowest BCUT2D eigenvalue weighted by atomic mass is 10.1. The summed E-state index contributed by atoms with van der Waals surface area (Å²) in [5, 5.41) is 6.85. The molecule has 146 valence electrons. The highest BCUT2D eigenvalue weighted by Gasteiger charge is 2.06. The summed E-state index contributed by atoms with van der Waals surface area (Å²) in [5.41, 5.74) is 4.93. The van der Waals surface area contributed by atoms with Gasteiger partial charge in [-0.2, -0.15) is 5.10 Å². The first-order chi connectivity index (χ1) is 14.1. The van der Waals surface area contributed by atoms with Crippen LogP contribution in [0.3, 0.4) is 0 Å². The number of amides is 2. The van der Waals surface area contributed by atoms with Crippen LogP contribution in [0.1, 0.15) is 23.0 Å². The summed E-state index contributed by atoms with van der Waals surface area (Å²) >= 11 is 0. The van der Waals surface area contributed by atoms with E-state index in [1.54, 1.807) is 67.7 Å². The Morgan fingerprint density at radius 3 is 2.38 bits per heavy atom. The molecule has 1 heterocycles. The molecule has 0 spiro atoms. The number of hydrogen-bond acceptors (Lipinski definition) is 5. The smallest absolute Gasteiger partial charge is 0.289 e. The number of aromatic nitrogens is 1. The van der Waals surface area contributed by atoms with E-state index in [1.165, 1.54) is 0 Å². The normalized spacial score (nSPS) is 10.9. The van der Waals surface area contributed by atoms with Crippen molar-refractivity contribution in [2.24, 2.45) is 5.10 Å². The number of hydrogen-bond donors (Lipinski definition) is 2. The minimum Gasteiger partial charge on any atom is -0.484 e. The van der Waals surface area contributed by atoms with Crippen molar-refractivity contribution in [2.75, 3.05) is 11.9 Å². The van der Waals surface area contributed by atoms with Crippen LogP contribution in [-0.2, 0) is 4.79 Å². The minimum absolute atomic E-state index is 0.0958. The quantitative estimate of drug-likeness (QED) is 0.480. The summed E-state index contributed by atoms with van der Waals surface area (Å²) in [4.78, 5) is 27.9. The van der Waals surface area contributed by atoms with Crippen molar-refractivity contribution in [3.8, 4) is 5.75 Å². The highest BCUT2D eigenvalue weighted by molar-refractivity contribution is 6.00. The maximum Gasteiger partial charge on any atom is 0.289 e. The van der Waals surface area contributed by atoms with Crippen molar-refractivity contribution < 1.29 is 14.3 Å². The zero-order valence-corrected chi connectivity index (χ0v) is 15.8. The fourth-order valence-electron chi connectivity index (χ4n) is 2.41. The molecule has 3 rings (SSSR count). The van der Waals surface area contributed by atoms with Crippen molar-refractivity contribution in [3.63, 3.8) is 0 Å². The second-order valence-electron chi connectivity index (χ2n) is 6.08. The number of ether oxygens (including phenoxy) is 1. The third-order valence-electron chi connectivity index (χ3n) is 3.92. The number of nitrogens with one attached hydrogen (secondary N) is 2. The highest BCUT2D eigenvalue weighted by Crippen LogP contribution is 2.13. The van der Waals surface area contributed by atoms with Crippen LogP contribution in [0.25, 0.3) is 0 Å². The van der Waals surface area contributed by atoms with Gasteiger partial charge in [0, 0.05) is 11.9 Å². The van der Waals surface area contributed by atoms with Gasteiger partial charge in [0.2, 0.25) is 0 Å². The standard InChI is InChI=1S/C22H20N4O3/c1-16(25-26-22(28)20-9-5-6-14-23-20)17-10-12-19(13-11-17)29-15-21(27)24-18-7-3-2-4-8-18/h2-14H,15H2,1H3,(H,24,27)(H,26,28)/b25-16-. The maximum absolute atomic E-state index is 12.0. The second kappa shape index (κ2) is 9.80. The molecule has 0 fully saturated rings. The molecule has 2 N–H and O–H groups in total. The molecule has 0 atom stereocenters. The van der Waals surface area contributed by atoms with E-state index in [1.807, 2.05) is 18.2 Å². The third kappa shape index (κ3) is 6.00. The van der Waals surface area contributed by atoms with Crippen molar-refractivity contribution in [2.45, 2.75) is 6.92 Å². The number of carbonyl (C=O) groups is 2. The summed E-state index contributed by atoms with van der Waals surface area (Å²) < 4.78 is 5.50. The average Bonchev–Trinajstić information content (AvgIpc) is 2.77. The van der Waals surface area contributed by atoms with Crippen LogP contribution >= 0.6 is 0 Å². The van der Waals surface area contributed by atoms with E-state index < -0.39 is 0 Å². The van der Waals surface area contributed by atoms with Gasteiger partial charge < -0.3 is 10.1 Å². The van der Waals surface area contributed by atoms with Crippen LogP contribution in [-0.4, -0.2) is 29.1 Å². The van der Waals surface area contributed by atoms with Crippen molar-refractivity contribution in [1.82, 2.24) is 10.4 Å². The molecule has 0 bridgehead atoms. The molecule has 29 heavy (non-hydrogen) atoms. The molecule has 2 amide bonds. The summed E-state index contributed by atoms with van der Waals surface area (Å²) in [7, 11) is 0. The van der Waals surface area contributed by atoms with E-state index in [0.717, 1.165) is 11.3 Å². The van der Waals surface area contributed by atoms with Crippen LogP contribution in [0.15, 0.2) is 84.1 Å². The summed E-state index contributed by atoms with van der Waals surface area (Å²) in [6, 6.07) is 21.3. The molecule has 3 aromatic rings. The molecule has 0 aliphatic carbocycles. The topological polar surface area (TPSA) is 92.7 Å². The van der Waals surface area contributed by atoms with Gasteiger partial charge in [-0.05, 0) is 61.0 Å². The van der Waals surface area contributed by atoms with Crippen LogP contribution in [0, 0.1) is 0 Å². The van der Waals surface area contributed by atoms with Gasteiger partial charge >= 0.3 is 0 Å². The zero-order valence-electron chi connectivity index (χ0n) is 15.8. The van der Waals surface area contributed by atoms with Crippen LogP contribution in [0.5, 0.6) is 5.75 Å². The Morgan fingerprint density at radius 1 is 0.966 bits per heavy atom. The molecule has 7 heteroatoms. The van der Waals surface area contributed by atoms with Gasteiger partial charge in [0.25, 0.3) is 11.8 Å². The number of benzene rings is 2. The number of hydrazone groups is 1. The van der Waals surface area contributed by atoms with Gasteiger partial charge in [0.05, 0.1) is 5.71 Å².